The predicted octanol–water partition coefficient (Wildman–Crippen LogP) is 2.76. The van der Waals surface area contributed by atoms with E-state index in [0.29, 0.717) is 17.9 Å². The fourth-order valence-corrected chi connectivity index (χ4v) is 3.78. The van der Waals surface area contributed by atoms with Crippen LogP contribution in [-0.4, -0.2) is 37.0 Å². The Kier molecular flexibility index (Phi) is 4.13. The Morgan fingerprint density at radius 2 is 2.35 bits per heavy atom. The molecule has 2 aliphatic rings. The number of carbonyl (C=O) groups is 1. The number of halogens is 1. The molecule has 3 unspecified atom stereocenters. The Balaban J connectivity index is 1.65. The highest BCUT2D eigenvalue weighted by Gasteiger charge is 2.47. The van der Waals surface area contributed by atoms with Gasteiger partial charge in [-0.15, -0.1) is 0 Å². The van der Waals surface area contributed by atoms with Crippen molar-refractivity contribution in [3.8, 4) is 0 Å². The van der Waals surface area contributed by atoms with Gasteiger partial charge in [-0.05, 0) is 49.9 Å². The summed E-state index contributed by atoms with van der Waals surface area (Å²) in [4.78, 5) is 14.8. The SMILES string of the molecule is CNCC1CCCN1C(=O)C1CC1c1cccc(Br)c1. The van der Waals surface area contributed by atoms with Crippen molar-refractivity contribution in [2.45, 2.75) is 31.2 Å². The van der Waals surface area contributed by atoms with Crippen LogP contribution in [-0.2, 0) is 4.79 Å². The fourth-order valence-electron chi connectivity index (χ4n) is 3.36. The molecule has 1 saturated carbocycles. The molecule has 0 aromatic heterocycles. The molecular formula is C16H21BrN2O. The van der Waals surface area contributed by atoms with E-state index in [4.69, 9.17) is 0 Å². The molecule has 108 valence electrons. The number of nitrogens with zero attached hydrogens (tertiary/aromatic N) is 1. The lowest BCUT2D eigenvalue weighted by Crippen LogP contribution is -2.41. The second-order valence-electron chi connectivity index (χ2n) is 5.89. The molecule has 3 nitrogen and oxygen atoms in total. The summed E-state index contributed by atoms with van der Waals surface area (Å²) in [5.41, 5.74) is 1.29. The second kappa shape index (κ2) is 5.86. The smallest absolute Gasteiger partial charge is 0.226 e. The summed E-state index contributed by atoms with van der Waals surface area (Å²) in [7, 11) is 1.96. The molecule has 1 N–H and O–H groups in total. The summed E-state index contributed by atoms with van der Waals surface area (Å²) in [5, 5.41) is 3.20. The zero-order chi connectivity index (χ0) is 14.1. The van der Waals surface area contributed by atoms with Gasteiger partial charge in [0.2, 0.25) is 5.91 Å². The molecule has 1 heterocycles. The number of nitrogens with one attached hydrogen (secondary N) is 1. The molecule has 1 aliphatic carbocycles. The maximum atomic E-state index is 12.6. The average Bonchev–Trinajstić information content (AvgIpc) is 3.11. The van der Waals surface area contributed by atoms with Gasteiger partial charge in [0.15, 0.2) is 0 Å². The Hall–Kier alpha value is -0.870. The van der Waals surface area contributed by atoms with E-state index in [2.05, 4.69) is 44.3 Å². The second-order valence-corrected chi connectivity index (χ2v) is 6.80. The highest BCUT2D eigenvalue weighted by molar-refractivity contribution is 9.10. The molecule has 1 amide bonds. The van der Waals surface area contributed by atoms with Crippen molar-refractivity contribution in [2.24, 2.45) is 5.92 Å². The van der Waals surface area contributed by atoms with Gasteiger partial charge in [0.25, 0.3) is 0 Å². The number of likely N-dealkylation sites (tertiary alicyclic amines) is 1. The summed E-state index contributed by atoms with van der Waals surface area (Å²) in [6.07, 6.45) is 3.30. The van der Waals surface area contributed by atoms with Gasteiger partial charge >= 0.3 is 0 Å². The van der Waals surface area contributed by atoms with Crippen LogP contribution in [0.15, 0.2) is 28.7 Å². The highest BCUT2D eigenvalue weighted by atomic mass is 79.9. The molecule has 1 aromatic rings. The van der Waals surface area contributed by atoms with Gasteiger partial charge in [-0.1, -0.05) is 28.1 Å². The van der Waals surface area contributed by atoms with E-state index in [0.717, 1.165) is 36.8 Å². The van der Waals surface area contributed by atoms with Crippen LogP contribution in [0.5, 0.6) is 0 Å². The molecule has 0 bridgehead atoms. The third-order valence-corrected chi connectivity index (χ3v) is 4.98. The minimum atomic E-state index is 0.210. The molecule has 4 heteroatoms. The quantitative estimate of drug-likeness (QED) is 0.916. The van der Waals surface area contributed by atoms with Crippen LogP contribution < -0.4 is 5.32 Å². The van der Waals surface area contributed by atoms with Crippen molar-refractivity contribution < 1.29 is 4.79 Å². The number of hydrogen-bond acceptors (Lipinski definition) is 2. The first-order valence-corrected chi connectivity index (χ1v) is 8.20. The summed E-state index contributed by atoms with van der Waals surface area (Å²) < 4.78 is 1.10. The van der Waals surface area contributed by atoms with E-state index < -0.39 is 0 Å². The predicted molar refractivity (Wildman–Crippen MR) is 83.7 cm³/mol. The first-order valence-electron chi connectivity index (χ1n) is 7.41. The standard InChI is InChI=1S/C16H21BrN2O/c1-18-10-13-6-3-7-19(13)16(20)15-9-14(15)11-4-2-5-12(17)8-11/h2,4-5,8,13-15,18H,3,6-7,9-10H2,1H3. The number of carbonyl (C=O) groups excluding carboxylic acids is 1. The number of amides is 1. The summed E-state index contributed by atoms with van der Waals surface area (Å²) in [6, 6.07) is 8.77. The van der Waals surface area contributed by atoms with Crippen molar-refractivity contribution in [1.82, 2.24) is 10.2 Å². The van der Waals surface area contributed by atoms with Crippen molar-refractivity contribution in [3.63, 3.8) is 0 Å². The molecule has 3 rings (SSSR count). The van der Waals surface area contributed by atoms with Crippen LogP contribution in [0, 0.1) is 5.92 Å². The third-order valence-electron chi connectivity index (χ3n) is 4.48. The van der Waals surface area contributed by atoms with Gasteiger partial charge in [-0.25, -0.2) is 0 Å². The zero-order valence-electron chi connectivity index (χ0n) is 11.8. The van der Waals surface area contributed by atoms with E-state index in [1.807, 2.05) is 13.1 Å². The van der Waals surface area contributed by atoms with Gasteiger partial charge in [-0.3, -0.25) is 4.79 Å². The molecule has 3 atom stereocenters. The fraction of sp³-hybridized carbons (Fsp3) is 0.562. The zero-order valence-corrected chi connectivity index (χ0v) is 13.4. The Morgan fingerprint density at radius 3 is 3.10 bits per heavy atom. The third kappa shape index (κ3) is 2.77. The minimum absolute atomic E-state index is 0.210. The maximum absolute atomic E-state index is 12.6. The molecule has 0 radical (unpaired) electrons. The Labute approximate surface area is 128 Å². The van der Waals surface area contributed by atoms with Gasteiger partial charge in [0, 0.05) is 29.5 Å². The summed E-state index contributed by atoms with van der Waals surface area (Å²) >= 11 is 3.51. The first-order chi connectivity index (χ1) is 9.70. The number of benzene rings is 1. The first kappa shape index (κ1) is 14.1. The monoisotopic (exact) mass is 336 g/mol. The number of hydrogen-bond donors (Lipinski definition) is 1. The van der Waals surface area contributed by atoms with Gasteiger partial charge < -0.3 is 10.2 Å². The van der Waals surface area contributed by atoms with E-state index in [9.17, 15) is 4.79 Å². The Morgan fingerprint density at radius 1 is 1.50 bits per heavy atom. The van der Waals surface area contributed by atoms with Crippen LogP contribution in [0.25, 0.3) is 0 Å². The van der Waals surface area contributed by atoms with Crippen LogP contribution in [0.2, 0.25) is 0 Å². The average molecular weight is 337 g/mol. The van der Waals surface area contributed by atoms with E-state index in [-0.39, 0.29) is 5.92 Å². The van der Waals surface area contributed by atoms with E-state index in [1.54, 1.807) is 0 Å². The van der Waals surface area contributed by atoms with Crippen molar-refractivity contribution in [3.05, 3.63) is 34.3 Å². The summed E-state index contributed by atoms with van der Waals surface area (Å²) in [6.45, 7) is 1.85. The normalized spacial score (nSPS) is 28.7. The van der Waals surface area contributed by atoms with Crippen molar-refractivity contribution in [1.29, 1.82) is 0 Å². The number of likely N-dealkylation sites (N-methyl/N-ethyl adjacent to an activating group) is 1. The van der Waals surface area contributed by atoms with Crippen LogP contribution in [0.3, 0.4) is 0 Å². The van der Waals surface area contributed by atoms with Crippen molar-refractivity contribution in [2.75, 3.05) is 20.1 Å². The molecule has 1 aliphatic heterocycles. The topological polar surface area (TPSA) is 32.3 Å². The lowest BCUT2D eigenvalue weighted by Gasteiger charge is -2.24. The van der Waals surface area contributed by atoms with Gasteiger partial charge in [0.1, 0.15) is 0 Å². The van der Waals surface area contributed by atoms with Gasteiger partial charge in [0.05, 0.1) is 0 Å². The molecule has 1 saturated heterocycles. The largest absolute Gasteiger partial charge is 0.338 e. The van der Waals surface area contributed by atoms with Crippen molar-refractivity contribution >= 4 is 21.8 Å². The van der Waals surface area contributed by atoms with Gasteiger partial charge in [-0.2, -0.15) is 0 Å². The molecular weight excluding hydrogens is 316 g/mol. The number of rotatable bonds is 4. The lowest BCUT2D eigenvalue weighted by atomic mass is 10.1. The molecule has 2 fully saturated rings. The van der Waals surface area contributed by atoms with Crippen LogP contribution >= 0.6 is 15.9 Å². The molecule has 1 aromatic carbocycles. The Bertz CT molecular complexity index is 505. The lowest BCUT2D eigenvalue weighted by molar-refractivity contribution is -0.133. The summed E-state index contributed by atoms with van der Waals surface area (Å²) in [5.74, 6) is 1.00. The van der Waals surface area contributed by atoms with E-state index >= 15 is 0 Å². The van der Waals surface area contributed by atoms with Crippen LogP contribution in [0.4, 0.5) is 0 Å². The minimum Gasteiger partial charge on any atom is -0.338 e. The molecule has 0 spiro atoms. The highest BCUT2D eigenvalue weighted by Crippen LogP contribution is 2.49. The maximum Gasteiger partial charge on any atom is 0.226 e. The molecule has 20 heavy (non-hydrogen) atoms. The van der Waals surface area contributed by atoms with Crippen LogP contribution in [0.1, 0.15) is 30.7 Å². The van der Waals surface area contributed by atoms with E-state index in [1.165, 1.54) is 5.56 Å².